The van der Waals surface area contributed by atoms with Crippen molar-refractivity contribution in [3.63, 3.8) is 0 Å². The number of fused-ring (bicyclic) bond motifs is 16. The molecule has 0 saturated carbocycles. The number of nitrogens with zero attached hydrogens (tertiary/aromatic N) is 22. The Morgan fingerprint density at radius 1 is 0.241 bits per heavy atom. The van der Waals surface area contributed by atoms with Gasteiger partial charge in [0.15, 0.2) is 0 Å². The van der Waals surface area contributed by atoms with Gasteiger partial charge in [-0.15, -0.1) is 0 Å². The predicted octanol–water partition coefficient (Wildman–Crippen LogP) is 25.7. The summed E-state index contributed by atoms with van der Waals surface area (Å²) in [5.74, 6) is -0.316. The van der Waals surface area contributed by atoms with Crippen molar-refractivity contribution >= 4 is 38.9 Å². The van der Waals surface area contributed by atoms with Crippen molar-refractivity contribution in [2.75, 3.05) is 0 Å². The highest BCUT2D eigenvalue weighted by atomic mass is 19.4. The van der Waals surface area contributed by atoms with E-state index in [1.165, 1.54) is 24.3 Å². The largest absolute Gasteiger partial charge is 0.416 e. The Morgan fingerprint density at radius 2 is 0.504 bits per heavy atom. The van der Waals surface area contributed by atoms with Gasteiger partial charge < -0.3 is 0 Å². The van der Waals surface area contributed by atoms with E-state index >= 15 is 0 Å². The Balaban J connectivity index is 0.000000122. The molecule has 32 heteroatoms. The summed E-state index contributed by atoms with van der Waals surface area (Å²) in [6.07, 6.45) is -8.48. The highest BCUT2D eigenvalue weighted by Crippen LogP contribution is 2.52. The normalized spacial score (nSPS) is 13.5. The van der Waals surface area contributed by atoms with E-state index in [0.29, 0.717) is 141 Å². The number of allylic oxidation sites excluding steroid dienone is 5. The number of hydrogen-bond donors (Lipinski definition) is 0. The number of alkyl halides is 9. The fraction of sp³-hybridized carbons (Fsp3) is 0.0275. The van der Waals surface area contributed by atoms with Crippen LogP contribution in [0.5, 0.6) is 0 Å². The van der Waals surface area contributed by atoms with Gasteiger partial charge in [-0.25, -0.2) is 84.8 Å². The highest BCUT2D eigenvalue weighted by Gasteiger charge is 2.40. The molecule has 0 unspecified atom stereocenters. The molecule has 0 amide bonds. The van der Waals surface area contributed by atoms with Crippen LogP contribution in [0.1, 0.15) is 84.1 Å². The highest BCUT2D eigenvalue weighted by molar-refractivity contribution is 6.06. The van der Waals surface area contributed by atoms with E-state index in [-0.39, 0.29) is 63.0 Å². The Bertz CT molecular complexity index is 8660. The summed E-state index contributed by atoms with van der Waals surface area (Å²) >= 11 is 0. The van der Waals surface area contributed by atoms with E-state index in [1.807, 2.05) is 133 Å². The van der Waals surface area contributed by atoms with E-state index in [2.05, 4.69) is 71.3 Å². The number of aromatic nitrogens is 10. The van der Waals surface area contributed by atoms with Gasteiger partial charge in [0.2, 0.25) is 0 Å². The van der Waals surface area contributed by atoms with Crippen molar-refractivity contribution in [1.82, 2.24) is 49.8 Å². The van der Waals surface area contributed by atoms with Gasteiger partial charge in [0.1, 0.15) is 5.82 Å². The monoisotopic (exact) mass is 1850 g/mol. The SMILES string of the molecule is [C-]#[N+]/C(C#N)=C1\c2ccccc2-c2nc(-c3cc(C(F)(F)F)cc(C(F)(F)F)c3)cnc21.[C-]#[N+]/C(C#N)=C1\c2ccccc2-c2nc(-c3ccc(C#N)cc3)cnc21.[C-]#[N+]/C(C#N)=C1\c2ccccc2-c2nc(-c3ccc(F)cc3)cnc21.[C-]#[N+]/C(C#N)=C1\c2ccccc2-c2nc3cc(-c4ccc(C(F)(F)F)cc4)ccc3nc21.[C-]#[N+]/C(C#N)=C1\c2ccccc2-c2ncc(-c3ccc(C#N)cc3)nc21. The third kappa shape index (κ3) is 17.5. The number of hydrogen-bond acceptors (Lipinski definition) is 17. The number of benzene rings is 11. The lowest BCUT2D eigenvalue weighted by atomic mass is 10.0. The van der Waals surface area contributed by atoms with Crippen LogP contribution in [0.3, 0.4) is 0 Å². The van der Waals surface area contributed by atoms with E-state index in [1.54, 1.807) is 116 Å². The number of rotatable bonds is 5. The maximum Gasteiger partial charge on any atom is 0.416 e. The predicted molar refractivity (Wildman–Crippen MR) is 498 cm³/mol. The second kappa shape index (κ2) is 37.9. The zero-order valence-corrected chi connectivity index (χ0v) is 71.7. The van der Waals surface area contributed by atoms with E-state index < -0.39 is 40.8 Å². The van der Waals surface area contributed by atoms with Crippen LogP contribution in [0, 0.1) is 118 Å². The molecule has 5 aliphatic carbocycles. The van der Waals surface area contributed by atoms with Gasteiger partial charge >= 0.3 is 18.5 Å². The Labute approximate surface area is 793 Å². The molecule has 662 valence electrons. The standard InChI is InChI=1S/C25H11F3N4.C22H8F6N4.2C21H9N5.C20H9FN4/c1-30-21(13-29)22-17-4-2-3-5-18(17)23-24(22)31-19-11-8-15(12-20(19)32-23)14-6-9-16(10-7-14)25(26,27)28;1-30-16(9-29)18-14-4-2-3-5-15(14)19-20(18)31-10-17(32-19)11-6-12(21(23,24)25)8-13(7-11)22(26,27)28;1-24-17(11-23)19-15-4-2-3-5-16(15)20-21(19)25-12-18(26-20)14-8-6-13(10-22)7-9-14;1-24-17(11-23)19-15-4-2-3-5-16(15)20-21(19)26-18(12-25-20)14-8-6-13(10-22)7-9-14;1-23-16(10-22)18-14-4-2-3-5-15(14)19-20(18)24-11-17(25-19)12-6-8-13(21)9-7-12/h2-12H;2-8,10H;2*2-9,12H;2-9,11H/b22-21+;18-16+;2*19-17+;18-16+. The van der Waals surface area contributed by atoms with Crippen molar-refractivity contribution in [3.8, 4) is 155 Å². The summed E-state index contributed by atoms with van der Waals surface area (Å²) in [6.45, 7) is 36.5. The molecule has 0 bridgehead atoms. The molecule has 0 spiro atoms. The summed E-state index contributed by atoms with van der Waals surface area (Å²) in [6, 6.07) is 81.9. The molecule has 21 rings (SSSR count). The lowest BCUT2D eigenvalue weighted by Crippen LogP contribution is -2.11. The summed E-state index contributed by atoms with van der Waals surface area (Å²) in [4.78, 5) is 62.1. The Hall–Kier alpha value is -21.0. The fourth-order valence-corrected chi connectivity index (χ4v) is 16.3. The van der Waals surface area contributed by atoms with Gasteiger partial charge in [-0.05, 0) is 130 Å². The zero-order valence-electron chi connectivity index (χ0n) is 71.7. The van der Waals surface area contributed by atoms with Gasteiger partial charge in [-0.3, -0.25) is 19.9 Å². The van der Waals surface area contributed by atoms with Crippen LogP contribution < -0.4 is 0 Å². The molecule has 0 N–H and O–H groups in total. The molecule has 0 atom stereocenters. The van der Waals surface area contributed by atoms with Crippen molar-refractivity contribution in [1.29, 1.82) is 36.8 Å². The van der Waals surface area contributed by atoms with E-state index in [0.717, 1.165) is 79.5 Å². The first-order valence-electron chi connectivity index (χ1n) is 41.3. The van der Waals surface area contributed by atoms with Gasteiger partial charge in [-0.1, -0.05) is 164 Å². The lowest BCUT2D eigenvalue weighted by molar-refractivity contribution is -0.143. The maximum absolute atomic E-state index is 13.2. The second-order valence-electron chi connectivity index (χ2n) is 30.7. The molecule has 16 aromatic rings. The fourth-order valence-electron chi connectivity index (χ4n) is 16.3. The van der Waals surface area contributed by atoms with Crippen LogP contribution in [0.4, 0.5) is 43.9 Å². The summed E-state index contributed by atoms with van der Waals surface area (Å²) in [7, 11) is 0. The maximum atomic E-state index is 13.2. The summed E-state index contributed by atoms with van der Waals surface area (Å²) < 4.78 is 131. The quantitative estimate of drug-likeness (QED) is 0.0878. The molecule has 22 nitrogen and oxygen atoms in total. The van der Waals surface area contributed by atoms with Crippen LogP contribution in [-0.4, -0.2) is 49.8 Å². The third-order valence-electron chi connectivity index (χ3n) is 22.7. The average molecular weight is 1850 g/mol. The van der Waals surface area contributed by atoms with E-state index in [4.69, 9.17) is 58.3 Å². The van der Waals surface area contributed by atoms with Crippen LogP contribution >= 0.6 is 0 Å². The van der Waals surface area contributed by atoms with Crippen molar-refractivity contribution in [2.24, 2.45) is 0 Å². The van der Waals surface area contributed by atoms with Crippen LogP contribution in [0.15, 0.2) is 308 Å². The van der Waals surface area contributed by atoms with Gasteiger partial charge in [0, 0.05) is 77.9 Å². The molecule has 0 radical (unpaired) electrons. The van der Waals surface area contributed by atoms with Gasteiger partial charge in [0.05, 0.1) is 219 Å². The van der Waals surface area contributed by atoms with Crippen LogP contribution in [-0.2, 0) is 18.5 Å². The minimum atomic E-state index is -5.00. The van der Waals surface area contributed by atoms with Crippen molar-refractivity contribution in [3.05, 3.63) is 455 Å². The van der Waals surface area contributed by atoms with E-state index in [9.17, 15) is 70.2 Å². The van der Waals surface area contributed by atoms with Gasteiger partial charge in [0.25, 0.3) is 28.5 Å². The molecule has 0 fully saturated rings. The molecule has 5 aliphatic rings. The molecular weight excluding hydrogens is 1810 g/mol. The van der Waals surface area contributed by atoms with Crippen molar-refractivity contribution < 1.29 is 43.9 Å². The second-order valence-corrected chi connectivity index (χ2v) is 30.7. The first-order valence-corrected chi connectivity index (χ1v) is 41.3. The number of halogens is 10. The zero-order chi connectivity index (χ0) is 99.3. The van der Waals surface area contributed by atoms with Gasteiger partial charge in [-0.2, -0.15) is 50.0 Å². The molecule has 5 aromatic heterocycles. The first kappa shape index (κ1) is 91.8. The van der Waals surface area contributed by atoms with Crippen molar-refractivity contribution in [2.45, 2.75) is 18.5 Å². The minimum absolute atomic E-state index is 0.00229. The first-order chi connectivity index (χ1) is 68.2. The van der Waals surface area contributed by atoms with Crippen LogP contribution in [0.25, 0.3) is 176 Å². The third-order valence-corrected chi connectivity index (χ3v) is 22.7. The molecule has 5 heterocycles. The molecule has 0 saturated heterocycles. The Kier molecular flexibility index (Phi) is 24.7. The van der Waals surface area contributed by atoms with Crippen LogP contribution in [0.2, 0.25) is 0 Å². The molecule has 141 heavy (non-hydrogen) atoms. The topological polar surface area (TPSA) is 317 Å². The Morgan fingerprint density at radius 3 is 0.823 bits per heavy atom. The molecule has 11 aromatic carbocycles. The molecule has 0 aliphatic heterocycles. The summed E-state index contributed by atoms with van der Waals surface area (Å²) in [5, 5.41) is 64.6. The smallest absolute Gasteiger partial charge is 0.253 e. The number of nitriles is 7. The summed E-state index contributed by atoms with van der Waals surface area (Å²) in [5.41, 5.74) is 18.0. The average Bonchev–Trinajstić information content (AvgIpc) is 1.60. The molecular formula is C109H46F10N22. The minimum Gasteiger partial charge on any atom is -0.253 e. The lowest BCUT2D eigenvalue weighted by Gasteiger charge is -2.14.